The van der Waals surface area contributed by atoms with Crippen molar-refractivity contribution >= 4 is 27.5 Å². The lowest BCUT2D eigenvalue weighted by Crippen LogP contribution is -2.54. The van der Waals surface area contributed by atoms with Gasteiger partial charge >= 0.3 is 0 Å². The van der Waals surface area contributed by atoms with Crippen LogP contribution >= 0.6 is 0 Å². The minimum absolute atomic E-state index is 0.0388. The number of sulfonamides is 1. The second-order valence-electron chi connectivity index (χ2n) is 10.6. The zero-order valence-corrected chi connectivity index (χ0v) is 25.9. The molecule has 0 bridgehead atoms. The van der Waals surface area contributed by atoms with Crippen molar-refractivity contribution in [1.29, 1.82) is 0 Å². The van der Waals surface area contributed by atoms with Crippen molar-refractivity contribution in [3.63, 3.8) is 0 Å². The van der Waals surface area contributed by atoms with Crippen molar-refractivity contribution in [3.05, 3.63) is 78.4 Å². The molecule has 1 N–H and O–H groups in total. The van der Waals surface area contributed by atoms with Crippen molar-refractivity contribution in [2.75, 3.05) is 32.2 Å². The van der Waals surface area contributed by atoms with Gasteiger partial charge in [0.25, 0.3) is 10.0 Å². The van der Waals surface area contributed by atoms with Crippen LogP contribution in [0, 0.1) is 0 Å². The number of ether oxygens (including phenoxy) is 3. The molecular weight excluding hydrogens is 558 g/mol. The molecule has 0 radical (unpaired) electrons. The summed E-state index contributed by atoms with van der Waals surface area (Å²) in [6.45, 7) is 6.59. The first kappa shape index (κ1) is 32.3. The molecule has 3 rings (SSSR count). The van der Waals surface area contributed by atoms with Crippen LogP contribution in [0.3, 0.4) is 0 Å². The van der Waals surface area contributed by atoms with Crippen LogP contribution in [0.2, 0.25) is 0 Å². The van der Waals surface area contributed by atoms with Gasteiger partial charge in [-0.25, -0.2) is 8.42 Å². The summed E-state index contributed by atoms with van der Waals surface area (Å²) in [5.74, 6) is 0.375. The first-order valence-corrected chi connectivity index (χ1v) is 14.8. The number of carbonyl (C=O) groups excluding carboxylic acids is 2. The Balaban J connectivity index is 2.09. The normalized spacial score (nSPS) is 12.2. The lowest BCUT2D eigenvalue weighted by Gasteiger charge is -2.33. The molecule has 3 aromatic rings. The van der Waals surface area contributed by atoms with Gasteiger partial charge in [-0.1, -0.05) is 24.3 Å². The third-order valence-corrected chi connectivity index (χ3v) is 8.21. The van der Waals surface area contributed by atoms with Crippen LogP contribution in [0.15, 0.2) is 77.7 Å². The molecule has 42 heavy (non-hydrogen) atoms. The van der Waals surface area contributed by atoms with E-state index in [1.807, 2.05) is 26.8 Å². The van der Waals surface area contributed by atoms with Gasteiger partial charge in [0.15, 0.2) is 0 Å². The summed E-state index contributed by atoms with van der Waals surface area (Å²) in [5, 5.41) is 2.91. The van der Waals surface area contributed by atoms with E-state index in [4.69, 9.17) is 14.2 Å². The molecule has 0 saturated carbocycles. The molecule has 0 fully saturated rings. The molecule has 226 valence electrons. The Morgan fingerprint density at radius 2 is 1.50 bits per heavy atom. The number of para-hydroxylation sites is 2. The molecule has 0 aliphatic heterocycles. The molecule has 1 atom stereocenters. The van der Waals surface area contributed by atoms with Crippen molar-refractivity contribution < 1.29 is 32.2 Å². The highest BCUT2D eigenvalue weighted by Gasteiger charge is 2.34. The van der Waals surface area contributed by atoms with Crippen molar-refractivity contribution in [1.82, 2.24) is 10.2 Å². The first-order chi connectivity index (χ1) is 19.8. The number of methoxy groups -OCH3 is 3. The Hall–Kier alpha value is -4.25. The Labute approximate surface area is 248 Å². The van der Waals surface area contributed by atoms with E-state index in [0.29, 0.717) is 17.1 Å². The molecule has 10 nitrogen and oxygen atoms in total. The van der Waals surface area contributed by atoms with Gasteiger partial charge in [-0.05, 0) is 81.8 Å². The van der Waals surface area contributed by atoms with Crippen molar-refractivity contribution in [2.24, 2.45) is 0 Å². The predicted molar refractivity (Wildman–Crippen MR) is 161 cm³/mol. The number of hydrogen-bond acceptors (Lipinski definition) is 7. The Bertz CT molecular complexity index is 1480. The Morgan fingerprint density at radius 3 is 2.10 bits per heavy atom. The number of rotatable bonds is 12. The summed E-state index contributed by atoms with van der Waals surface area (Å²) in [6.07, 6.45) is 0. The highest BCUT2D eigenvalue weighted by atomic mass is 32.2. The summed E-state index contributed by atoms with van der Waals surface area (Å²) >= 11 is 0. The van der Waals surface area contributed by atoms with Gasteiger partial charge in [0.2, 0.25) is 11.8 Å². The van der Waals surface area contributed by atoms with Gasteiger partial charge in [-0.2, -0.15) is 0 Å². The van der Waals surface area contributed by atoms with E-state index in [1.165, 1.54) is 50.5 Å². The van der Waals surface area contributed by atoms with Crippen LogP contribution in [-0.4, -0.2) is 64.6 Å². The lowest BCUT2D eigenvalue weighted by molar-refractivity contribution is -0.140. The quantitative estimate of drug-likeness (QED) is 0.332. The minimum atomic E-state index is -4.27. The largest absolute Gasteiger partial charge is 0.497 e. The standard InChI is InChI=1S/C31H39N3O7S/c1-22(30(36)32-31(2,3)4)33(20-23-11-10-12-25(19-23)40-6)29(35)21-34(27-13-8-9-14-28(27)41-7)42(37,38)26-17-15-24(39-5)16-18-26/h8-19,22H,20-21H2,1-7H3,(H,32,36). The number of amides is 2. The predicted octanol–water partition coefficient (Wildman–Crippen LogP) is 4.24. The second kappa shape index (κ2) is 13.6. The number of anilines is 1. The van der Waals surface area contributed by atoms with Gasteiger partial charge in [0, 0.05) is 12.1 Å². The van der Waals surface area contributed by atoms with Crippen LogP contribution in [0.25, 0.3) is 0 Å². The maximum absolute atomic E-state index is 14.1. The fourth-order valence-corrected chi connectivity index (χ4v) is 5.67. The SMILES string of the molecule is COc1ccc(S(=O)(=O)N(CC(=O)N(Cc2cccc(OC)c2)C(C)C(=O)NC(C)(C)C)c2ccccc2OC)cc1. The monoisotopic (exact) mass is 597 g/mol. The summed E-state index contributed by atoms with van der Waals surface area (Å²) in [6, 6.07) is 18.6. The summed E-state index contributed by atoms with van der Waals surface area (Å²) in [7, 11) is 0.176. The Morgan fingerprint density at radius 1 is 0.857 bits per heavy atom. The van der Waals surface area contributed by atoms with Crippen LogP contribution in [0.1, 0.15) is 33.3 Å². The highest BCUT2D eigenvalue weighted by molar-refractivity contribution is 7.92. The average molecular weight is 598 g/mol. The molecule has 11 heteroatoms. The number of hydrogen-bond donors (Lipinski definition) is 1. The van der Waals surface area contributed by atoms with E-state index in [2.05, 4.69) is 5.32 Å². The molecule has 1 unspecified atom stereocenters. The van der Waals surface area contributed by atoms with Crippen LogP contribution in [0.5, 0.6) is 17.2 Å². The fraction of sp³-hybridized carbons (Fsp3) is 0.355. The molecule has 0 spiro atoms. The van der Waals surface area contributed by atoms with Crippen molar-refractivity contribution in [3.8, 4) is 17.2 Å². The van der Waals surface area contributed by atoms with Crippen molar-refractivity contribution in [2.45, 2.75) is 50.7 Å². The van der Waals surface area contributed by atoms with Gasteiger partial charge in [0.05, 0.1) is 31.9 Å². The van der Waals surface area contributed by atoms with E-state index in [9.17, 15) is 18.0 Å². The number of nitrogens with one attached hydrogen (secondary N) is 1. The highest BCUT2D eigenvalue weighted by Crippen LogP contribution is 2.33. The lowest BCUT2D eigenvalue weighted by atomic mass is 10.1. The molecule has 0 aromatic heterocycles. The smallest absolute Gasteiger partial charge is 0.264 e. The molecule has 2 amide bonds. The topological polar surface area (TPSA) is 114 Å². The van der Waals surface area contributed by atoms with Gasteiger partial charge in [-0.3, -0.25) is 13.9 Å². The summed E-state index contributed by atoms with van der Waals surface area (Å²) in [4.78, 5) is 28.7. The van der Waals surface area contributed by atoms with E-state index in [-0.39, 0.29) is 28.8 Å². The second-order valence-corrected chi connectivity index (χ2v) is 12.5. The molecular formula is C31H39N3O7S. The minimum Gasteiger partial charge on any atom is -0.497 e. The summed E-state index contributed by atoms with van der Waals surface area (Å²) < 4.78 is 45.1. The molecule has 0 saturated heterocycles. The van der Waals surface area contributed by atoms with E-state index < -0.39 is 34.1 Å². The molecule has 0 aliphatic carbocycles. The third kappa shape index (κ3) is 7.94. The van der Waals surface area contributed by atoms with Crippen LogP contribution < -0.4 is 23.8 Å². The molecule has 0 heterocycles. The zero-order chi connectivity index (χ0) is 31.1. The van der Waals surface area contributed by atoms with E-state index >= 15 is 0 Å². The molecule has 0 aliphatic rings. The fourth-order valence-electron chi connectivity index (χ4n) is 4.25. The maximum Gasteiger partial charge on any atom is 0.264 e. The number of nitrogens with zero attached hydrogens (tertiary/aromatic N) is 2. The van der Waals surface area contributed by atoms with Crippen LogP contribution in [0.4, 0.5) is 5.69 Å². The zero-order valence-electron chi connectivity index (χ0n) is 25.1. The number of carbonyl (C=O) groups is 2. The first-order valence-electron chi connectivity index (χ1n) is 13.3. The van der Waals surface area contributed by atoms with E-state index in [1.54, 1.807) is 49.4 Å². The maximum atomic E-state index is 14.1. The van der Waals surface area contributed by atoms with Gasteiger partial charge in [-0.15, -0.1) is 0 Å². The molecule has 3 aromatic carbocycles. The van der Waals surface area contributed by atoms with Gasteiger partial charge < -0.3 is 24.4 Å². The summed E-state index contributed by atoms with van der Waals surface area (Å²) in [5.41, 5.74) is 0.342. The average Bonchev–Trinajstić information content (AvgIpc) is 2.97. The van der Waals surface area contributed by atoms with Gasteiger partial charge in [0.1, 0.15) is 29.8 Å². The number of benzene rings is 3. The van der Waals surface area contributed by atoms with E-state index in [0.717, 1.165) is 4.31 Å². The van der Waals surface area contributed by atoms with Crippen LogP contribution in [-0.2, 0) is 26.2 Å². The Kier molecular flexibility index (Phi) is 10.5. The third-order valence-electron chi connectivity index (χ3n) is 6.43.